The Kier molecular flexibility index (Phi) is 4.54. The number of nitrogens with one attached hydrogen (secondary N) is 1. The van der Waals surface area contributed by atoms with Crippen molar-refractivity contribution in [1.82, 2.24) is 15.0 Å². The summed E-state index contributed by atoms with van der Waals surface area (Å²) in [5.74, 6) is 0.919. The summed E-state index contributed by atoms with van der Waals surface area (Å²) in [4.78, 5) is 13.1. The highest BCUT2D eigenvalue weighted by Gasteiger charge is 2.12. The van der Waals surface area contributed by atoms with Crippen molar-refractivity contribution in [3.8, 4) is 0 Å². The normalized spacial score (nSPS) is 10.6. The van der Waals surface area contributed by atoms with Gasteiger partial charge in [-0.25, -0.2) is 15.0 Å². The summed E-state index contributed by atoms with van der Waals surface area (Å²) in [6.45, 7) is 4.17. The number of aromatic nitrogens is 3. The van der Waals surface area contributed by atoms with Crippen LogP contribution >= 0.6 is 23.1 Å². The molecular formula is C12H16N4S2. The van der Waals surface area contributed by atoms with Gasteiger partial charge in [-0.05, 0) is 25.1 Å². The molecule has 0 spiro atoms. The third kappa shape index (κ3) is 3.00. The summed E-state index contributed by atoms with van der Waals surface area (Å²) in [6.07, 6.45) is 3.66. The van der Waals surface area contributed by atoms with E-state index in [1.165, 1.54) is 5.56 Å². The molecular weight excluding hydrogens is 264 g/mol. The van der Waals surface area contributed by atoms with Crippen molar-refractivity contribution in [3.05, 3.63) is 23.0 Å². The molecule has 1 N–H and O–H groups in total. The van der Waals surface area contributed by atoms with Gasteiger partial charge in [0.05, 0.1) is 0 Å². The van der Waals surface area contributed by atoms with Crippen molar-refractivity contribution in [1.29, 1.82) is 0 Å². The monoisotopic (exact) mass is 280 g/mol. The van der Waals surface area contributed by atoms with Crippen LogP contribution in [-0.4, -0.2) is 22.0 Å². The van der Waals surface area contributed by atoms with E-state index >= 15 is 0 Å². The van der Waals surface area contributed by atoms with Crippen molar-refractivity contribution < 1.29 is 0 Å². The summed E-state index contributed by atoms with van der Waals surface area (Å²) in [5, 5.41) is 6.19. The second kappa shape index (κ2) is 6.15. The minimum Gasteiger partial charge on any atom is -0.373 e. The second-order valence-corrected chi connectivity index (χ2v) is 5.96. The zero-order chi connectivity index (χ0) is 13.0. The summed E-state index contributed by atoms with van der Waals surface area (Å²) >= 11 is 3.28. The van der Waals surface area contributed by atoms with Crippen LogP contribution in [0.1, 0.15) is 24.6 Å². The van der Waals surface area contributed by atoms with E-state index in [1.54, 1.807) is 29.4 Å². The van der Waals surface area contributed by atoms with Crippen LogP contribution in [-0.2, 0) is 6.42 Å². The summed E-state index contributed by atoms with van der Waals surface area (Å²) in [5.41, 5.74) is 2.24. The van der Waals surface area contributed by atoms with Crippen LogP contribution in [0.25, 0.3) is 0 Å². The lowest BCUT2D eigenvalue weighted by Crippen LogP contribution is -2.02. The fourth-order valence-corrected chi connectivity index (χ4v) is 3.51. The first-order valence-electron chi connectivity index (χ1n) is 5.86. The minimum absolute atomic E-state index is 0.919. The van der Waals surface area contributed by atoms with E-state index in [0.29, 0.717) is 0 Å². The van der Waals surface area contributed by atoms with Gasteiger partial charge in [0.1, 0.15) is 17.2 Å². The lowest BCUT2D eigenvalue weighted by atomic mass is 10.2. The van der Waals surface area contributed by atoms with Crippen molar-refractivity contribution in [2.24, 2.45) is 0 Å². The first-order valence-corrected chi connectivity index (χ1v) is 7.55. The van der Waals surface area contributed by atoms with Crippen LogP contribution in [0.4, 0.5) is 5.82 Å². The van der Waals surface area contributed by atoms with Crippen LogP contribution in [0.3, 0.4) is 0 Å². The smallest absolute Gasteiger partial charge is 0.156 e. The van der Waals surface area contributed by atoms with Crippen molar-refractivity contribution in [2.45, 2.75) is 36.1 Å². The maximum Gasteiger partial charge on any atom is 0.156 e. The van der Waals surface area contributed by atoms with Crippen LogP contribution in [0.15, 0.2) is 21.1 Å². The molecule has 0 saturated carbocycles. The maximum absolute atomic E-state index is 4.46. The fourth-order valence-electron chi connectivity index (χ4n) is 1.64. The lowest BCUT2D eigenvalue weighted by molar-refractivity contribution is 0.858. The lowest BCUT2D eigenvalue weighted by Gasteiger charge is -2.10. The Morgan fingerprint density at radius 2 is 2.22 bits per heavy atom. The van der Waals surface area contributed by atoms with Crippen LogP contribution < -0.4 is 5.32 Å². The zero-order valence-corrected chi connectivity index (χ0v) is 12.4. The van der Waals surface area contributed by atoms with Crippen molar-refractivity contribution >= 4 is 28.9 Å². The molecule has 0 atom stereocenters. The van der Waals surface area contributed by atoms with E-state index < -0.39 is 0 Å². The highest BCUT2D eigenvalue weighted by Crippen LogP contribution is 2.33. The molecule has 4 nitrogen and oxygen atoms in total. The molecule has 2 rings (SSSR count). The van der Waals surface area contributed by atoms with E-state index in [2.05, 4.69) is 32.6 Å². The quantitative estimate of drug-likeness (QED) is 0.851. The van der Waals surface area contributed by atoms with Crippen molar-refractivity contribution in [2.75, 3.05) is 12.4 Å². The number of thiazole rings is 1. The molecule has 0 aromatic carbocycles. The Balaban J connectivity index is 2.31. The van der Waals surface area contributed by atoms with Crippen LogP contribution in [0.2, 0.25) is 0 Å². The topological polar surface area (TPSA) is 50.7 Å². The molecule has 0 saturated heterocycles. The highest BCUT2D eigenvalue weighted by molar-refractivity contribution is 8.01. The number of anilines is 1. The van der Waals surface area contributed by atoms with E-state index in [0.717, 1.165) is 33.7 Å². The van der Waals surface area contributed by atoms with Crippen LogP contribution in [0, 0.1) is 6.92 Å². The van der Waals surface area contributed by atoms with E-state index in [9.17, 15) is 0 Å². The van der Waals surface area contributed by atoms with E-state index in [1.807, 2.05) is 14.0 Å². The third-order valence-corrected chi connectivity index (χ3v) is 4.53. The van der Waals surface area contributed by atoms with Crippen LogP contribution in [0.5, 0.6) is 0 Å². The van der Waals surface area contributed by atoms with Gasteiger partial charge in [0, 0.05) is 23.7 Å². The number of aryl methyl sites for hydroxylation is 1. The van der Waals surface area contributed by atoms with Gasteiger partial charge in [-0.2, -0.15) is 0 Å². The molecule has 0 bridgehead atoms. The number of nitrogens with zero attached hydrogens (tertiary/aromatic N) is 3. The standard InChI is InChI=1S/C12H16N4S2/c1-4-5-9-10(13-3)14-7-15-11(9)18-12-16-8(2)6-17-12/h6-7H,4-5H2,1-3H3,(H,13,14,15). The average Bonchev–Trinajstić information content (AvgIpc) is 2.77. The molecule has 18 heavy (non-hydrogen) atoms. The summed E-state index contributed by atoms with van der Waals surface area (Å²) in [6, 6.07) is 0. The molecule has 0 aliphatic carbocycles. The fraction of sp³-hybridized carbons (Fsp3) is 0.417. The summed E-state index contributed by atoms with van der Waals surface area (Å²) < 4.78 is 1.03. The number of hydrogen-bond acceptors (Lipinski definition) is 6. The summed E-state index contributed by atoms with van der Waals surface area (Å²) in [7, 11) is 1.89. The molecule has 0 aliphatic heterocycles. The molecule has 0 fully saturated rings. The van der Waals surface area contributed by atoms with Gasteiger partial charge in [-0.15, -0.1) is 11.3 Å². The Labute approximate surface area is 115 Å². The third-order valence-electron chi connectivity index (χ3n) is 2.42. The first kappa shape index (κ1) is 13.3. The average molecular weight is 280 g/mol. The Morgan fingerprint density at radius 1 is 1.39 bits per heavy atom. The first-order chi connectivity index (χ1) is 8.74. The molecule has 0 aliphatic rings. The molecule has 0 radical (unpaired) electrons. The largest absolute Gasteiger partial charge is 0.373 e. The molecule has 0 amide bonds. The Bertz CT molecular complexity index is 525. The minimum atomic E-state index is 0.919. The van der Waals surface area contributed by atoms with Gasteiger partial charge in [0.25, 0.3) is 0 Å². The predicted octanol–water partition coefficient (Wildman–Crippen LogP) is 3.39. The molecule has 96 valence electrons. The Hall–Kier alpha value is -1.14. The molecule has 0 unspecified atom stereocenters. The van der Waals surface area contributed by atoms with E-state index in [-0.39, 0.29) is 0 Å². The maximum atomic E-state index is 4.46. The van der Waals surface area contributed by atoms with Gasteiger partial charge in [0.15, 0.2) is 4.34 Å². The zero-order valence-electron chi connectivity index (χ0n) is 10.7. The predicted molar refractivity (Wildman–Crippen MR) is 76.5 cm³/mol. The number of rotatable bonds is 5. The van der Waals surface area contributed by atoms with Gasteiger partial charge in [-0.3, -0.25) is 0 Å². The van der Waals surface area contributed by atoms with Crippen molar-refractivity contribution in [3.63, 3.8) is 0 Å². The molecule has 6 heteroatoms. The Morgan fingerprint density at radius 3 is 2.83 bits per heavy atom. The van der Waals surface area contributed by atoms with Gasteiger partial charge in [0.2, 0.25) is 0 Å². The molecule has 2 aromatic heterocycles. The molecule has 2 aromatic rings. The van der Waals surface area contributed by atoms with Gasteiger partial charge in [-0.1, -0.05) is 13.3 Å². The van der Waals surface area contributed by atoms with Gasteiger partial charge < -0.3 is 5.32 Å². The second-order valence-electron chi connectivity index (χ2n) is 3.86. The van der Waals surface area contributed by atoms with Gasteiger partial charge >= 0.3 is 0 Å². The highest BCUT2D eigenvalue weighted by atomic mass is 32.2. The number of hydrogen-bond donors (Lipinski definition) is 1. The SMILES string of the molecule is CCCc1c(NC)ncnc1Sc1nc(C)cs1. The van der Waals surface area contributed by atoms with E-state index in [4.69, 9.17) is 0 Å². The molecule has 2 heterocycles.